The maximum atomic E-state index is 12.3. The van der Waals surface area contributed by atoms with Crippen molar-refractivity contribution in [3.63, 3.8) is 0 Å². The molecule has 2 aromatic carbocycles. The Kier molecular flexibility index (Phi) is 5.89. The highest BCUT2D eigenvalue weighted by atomic mass is 32.2. The predicted octanol–water partition coefficient (Wildman–Crippen LogP) is 4.53. The molecule has 1 unspecified atom stereocenters. The number of sulfonamides is 1. The molecule has 0 heterocycles. The number of hydrogen-bond donors (Lipinski definition) is 1. The Balaban J connectivity index is 2.18. The Morgan fingerprint density at radius 1 is 1.09 bits per heavy atom. The fourth-order valence-corrected chi connectivity index (χ4v) is 4.37. The Hall–Kier alpha value is -1.30. The van der Waals surface area contributed by atoms with Gasteiger partial charge in [-0.2, -0.15) is 0 Å². The average molecular weight is 350 g/mol. The fourth-order valence-electron chi connectivity index (χ4n) is 2.05. The molecule has 0 aliphatic carbocycles. The quantitative estimate of drug-likeness (QED) is 0.833. The summed E-state index contributed by atoms with van der Waals surface area (Å²) in [7, 11) is -3.44. The molecular weight excluding hydrogens is 326 g/mol. The van der Waals surface area contributed by atoms with Crippen LogP contribution >= 0.6 is 11.8 Å². The molecular formula is C18H23NO2S2. The molecule has 0 aliphatic heterocycles. The lowest BCUT2D eigenvalue weighted by Crippen LogP contribution is -2.31. The van der Waals surface area contributed by atoms with Crippen LogP contribution in [0.15, 0.2) is 57.2 Å². The Labute approximate surface area is 143 Å². The predicted molar refractivity (Wildman–Crippen MR) is 96.6 cm³/mol. The molecule has 1 N–H and O–H groups in total. The highest BCUT2D eigenvalue weighted by Crippen LogP contribution is 2.31. The first-order valence-corrected chi connectivity index (χ1v) is 9.99. The maximum Gasteiger partial charge on any atom is 0.240 e. The number of benzene rings is 2. The largest absolute Gasteiger partial charge is 0.240 e. The van der Waals surface area contributed by atoms with E-state index in [1.165, 1.54) is 16.0 Å². The van der Waals surface area contributed by atoms with Crippen LogP contribution in [0, 0.1) is 13.8 Å². The third-order valence-electron chi connectivity index (χ3n) is 3.67. The van der Waals surface area contributed by atoms with Gasteiger partial charge in [-0.15, -0.1) is 0 Å². The molecule has 2 rings (SSSR count). The molecule has 5 heteroatoms. The van der Waals surface area contributed by atoms with Gasteiger partial charge >= 0.3 is 0 Å². The number of nitrogens with one attached hydrogen (secondary N) is 1. The third kappa shape index (κ3) is 4.83. The molecule has 0 spiro atoms. The molecule has 0 bridgehead atoms. The molecule has 0 aliphatic rings. The number of hydrogen-bond acceptors (Lipinski definition) is 3. The Morgan fingerprint density at radius 3 is 2.35 bits per heavy atom. The van der Waals surface area contributed by atoms with Crippen molar-refractivity contribution in [3.8, 4) is 0 Å². The normalized spacial score (nSPS) is 13.0. The summed E-state index contributed by atoms with van der Waals surface area (Å²) < 4.78 is 27.2. The van der Waals surface area contributed by atoms with Gasteiger partial charge in [0.05, 0.1) is 4.90 Å². The van der Waals surface area contributed by atoms with Crippen LogP contribution in [0.1, 0.15) is 31.4 Å². The SMILES string of the molecule is CCC(C)NS(=O)(=O)c1ccc(Sc2cc(C)ccc2C)cc1. The second kappa shape index (κ2) is 7.51. The topological polar surface area (TPSA) is 46.2 Å². The average Bonchev–Trinajstić information content (AvgIpc) is 2.51. The van der Waals surface area contributed by atoms with Crippen molar-refractivity contribution in [3.05, 3.63) is 53.6 Å². The van der Waals surface area contributed by atoms with Crippen LogP contribution in [0.2, 0.25) is 0 Å². The summed E-state index contributed by atoms with van der Waals surface area (Å²) in [5.41, 5.74) is 2.44. The zero-order valence-corrected chi connectivity index (χ0v) is 15.6. The van der Waals surface area contributed by atoms with E-state index in [0.29, 0.717) is 4.90 Å². The van der Waals surface area contributed by atoms with Crippen LogP contribution < -0.4 is 4.72 Å². The third-order valence-corrected chi connectivity index (χ3v) is 6.45. The van der Waals surface area contributed by atoms with Gasteiger partial charge < -0.3 is 0 Å². The number of aryl methyl sites for hydroxylation is 2. The van der Waals surface area contributed by atoms with E-state index in [2.05, 4.69) is 36.8 Å². The van der Waals surface area contributed by atoms with Crippen LogP contribution in [-0.4, -0.2) is 14.5 Å². The monoisotopic (exact) mass is 349 g/mol. The summed E-state index contributed by atoms with van der Waals surface area (Å²) >= 11 is 1.65. The second-order valence-electron chi connectivity index (χ2n) is 5.77. The maximum absolute atomic E-state index is 12.3. The summed E-state index contributed by atoms with van der Waals surface area (Å²) in [6, 6.07) is 13.3. The molecule has 124 valence electrons. The first-order valence-electron chi connectivity index (χ1n) is 7.69. The summed E-state index contributed by atoms with van der Waals surface area (Å²) in [5.74, 6) is 0. The highest BCUT2D eigenvalue weighted by Gasteiger charge is 2.16. The number of rotatable bonds is 6. The molecule has 0 radical (unpaired) electrons. The Bertz CT molecular complexity index is 768. The van der Waals surface area contributed by atoms with Gasteiger partial charge in [-0.25, -0.2) is 13.1 Å². The summed E-state index contributed by atoms with van der Waals surface area (Å²) in [5, 5.41) is 0. The van der Waals surface area contributed by atoms with E-state index in [1.54, 1.807) is 23.9 Å². The van der Waals surface area contributed by atoms with E-state index in [-0.39, 0.29) is 6.04 Å². The Morgan fingerprint density at radius 2 is 1.74 bits per heavy atom. The van der Waals surface area contributed by atoms with E-state index < -0.39 is 10.0 Å². The van der Waals surface area contributed by atoms with E-state index in [1.807, 2.05) is 26.0 Å². The van der Waals surface area contributed by atoms with Crippen molar-refractivity contribution in [1.29, 1.82) is 0 Å². The first kappa shape index (κ1) is 18.0. The lowest BCUT2D eigenvalue weighted by molar-refractivity contribution is 0.556. The molecule has 0 amide bonds. The summed E-state index contributed by atoms with van der Waals surface area (Å²) in [6.07, 6.45) is 0.764. The summed E-state index contributed by atoms with van der Waals surface area (Å²) in [4.78, 5) is 2.53. The van der Waals surface area contributed by atoms with Gasteiger partial charge in [0.25, 0.3) is 0 Å². The molecule has 0 fully saturated rings. The second-order valence-corrected chi connectivity index (χ2v) is 8.60. The van der Waals surface area contributed by atoms with Crippen LogP contribution in [0.4, 0.5) is 0 Å². The molecule has 1 atom stereocenters. The van der Waals surface area contributed by atoms with Crippen molar-refractivity contribution in [2.24, 2.45) is 0 Å². The molecule has 0 saturated heterocycles. The van der Waals surface area contributed by atoms with Crippen molar-refractivity contribution in [1.82, 2.24) is 4.72 Å². The van der Waals surface area contributed by atoms with Gasteiger partial charge in [0, 0.05) is 15.8 Å². The minimum Gasteiger partial charge on any atom is -0.208 e. The van der Waals surface area contributed by atoms with Crippen molar-refractivity contribution in [2.75, 3.05) is 0 Å². The van der Waals surface area contributed by atoms with Crippen LogP contribution in [0.3, 0.4) is 0 Å². The summed E-state index contributed by atoms with van der Waals surface area (Å²) in [6.45, 7) is 7.97. The molecule has 0 saturated carbocycles. The van der Waals surface area contributed by atoms with Crippen molar-refractivity contribution < 1.29 is 8.42 Å². The highest BCUT2D eigenvalue weighted by molar-refractivity contribution is 7.99. The minimum absolute atomic E-state index is 0.0657. The van der Waals surface area contributed by atoms with E-state index in [4.69, 9.17) is 0 Å². The van der Waals surface area contributed by atoms with Crippen molar-refractivity contribution >= 4 is 21.8 Å². The molecule has 0 aromatic heterocycles. The van der Waals surface area contributed by atoms with Gasteiger partial charge in [0.15, 0.2) is 0 Å². The zero-order valence-electron chi connectivity index (χ0n) is 14.0. The fraction of sp³-hybridized carbons (Fsp3) is 0.333. The zero-order chi connectivity index (χ0) is 17.0. The minimum atomic E-state index is -3.44. The lowest BCUT2D eigenvalue weighted by atomic mass is 10.2. The van der Waals surface area contributed by atoms with E-state index in [9.17, 15) is 8.42 Å². The van der Waals surface area contributed by atoms with Crippen LogP contribution in [0.25, 0.3) is 0 Å². The molecule has 23 heavy (non-hydrogen) atoms. The van der Waals surface area contributed by atoms with Crippen LogP contribution in [0.5, 0.6) is 0 Å². The van der Waals surface area contributed by atoms with E-state index in [0.717, 1.165) is 11.3 Å². The van der Waals surface area contributed by atoms with Gasteiger partial charge in [-0.1, -0.05) is 30.8 Å². The van der Waals surface area contributed by atoms with Crippen molar-refractivity contribution in [2.45, 2.75) is 54.8 Å². The smallest absolute Gasteiger partial charge is 0.208 e. The van der Waals surface area contributed by atoms with Crippen LogP contribution in [-0.2, 0) is 10.0 Å². The first-order chi connectivity index (χ1) is 10.8. The lowest BCUT2D eigenvalue weighted by Gasteiger charge is -2.12. The standard InChI is InChI=1S/C18H23NO2S2/c1-5-15(4)19-23(20,21)17-10-8-16(9-11-17)22-18-12-13(2)6-7-14(18)3/h6-12,15,19H,5H2,1-4H3. The van der Waals surface area contributed by atoms with Gasteiger partial charge in [0.1, 0.15) is 0 Å². The van der Waals surface area contributed by atoms with Gasteiger partial charge in [-0.05, 0) is 68.7 Å². The molecule has 2 aromatic rings. The van der Waals surface area contributed by atoms with E-state index >= 15 is 0 Å². The van der Waals surface area contributed by atoms with Gasteiger partial charge in [-0.3, -0.25) is 0 Å². The van der Waals surface area contributed by atoms with Gasteiger partial charge in [0.2, 0.25) is 10.0 Å². The molecule has 3 nitrogen and oxygen atoms in total.